The van der Waals surface area contributed by atoms with Gasteiger partial charge in [-0.05, 0) is 31.8 Å². The molecule has 1 saturated heterocycles. The first kappa shape index (κ1) is 16.1. The van der Waals surface area contributed by atoms with Crippen LogP contribution in [0.2, 0.25) is 5.02 Å². The molecule has 0 bridgehead atoms. The number of nitrogens with zero attached hydrogens (tertiary/aromatic N) is 2. The summed E-state index contributed by atoms with van der Waals surface area (Å²) in [6, 6.07) is 0. The molecule has 21 heavy (non-hydrogen) atoms. The predicted molar refractivity (Wildman–Crippen MR) is 73.6 cm³/mol. The van der Waals surface area contributed by atoms with E-state index in [9.17, 15) is 18.0 Å². The number of nitrogens with one attached hydrogen (secondary N) is 2. The van der Waals surface area contributed by atoms with E-state index in [0.717, 1.165) is 32.1 Å². The molecule has 1 aromatic heterocycles. The van der Waals surface area contributed by atoms with E-state index < -0.39 is 18.3 Å². The average Bonchev–Trinajstić information content (AvgIpc) is 2.89. The van der Waals surface area contributed by atoms with Gasteiger partial charge in [0.15, 0.2) is 0 Å². The molecule has 1 atom stereocenters. The fraction of sp³-hybridized carbons (Fsp3) is 0.667. The molecule has 2 N–H and O–H groups in total. The van der Waals surface area contributed by atoms with Gasteiger partial charge in [0, 0.05) is 6.54 Å². The number of hydrogen-bond acceptors (Lipinski definition) is 4. The number of rotatable bonds is 5. The molecule has 0 aromatic carbocycles. The minimum Gasteiger partial charge on any atom is -0.382 e. The van der Waals surface area contributed by atoms with E-state index in [-0.39, 0.29) is 10.7 Å². The van der Waals surface area contributed by atoms with Crippen molar-refractivity contribution in [3.63, 3.8) is 0 Å². The van der Waals surface area contributed by atoms with Crippen molar-refractivity contribution in [1.29, 1.82) is 0 Å². The maximum absolute atomic E-state index is 12.3. The van der Waals surface area contributed by atoms with Crippen LogP contribution in [0, 0.1) is 5.92 Å². The van der Waals surface area contributed by atoms with Gasteiger partial charge in [0.2, 0.25) is 0 Å². The minimum absolute atomic E-state index is 0.265. The number of hydrogen-bond donors (Lipinski definition) is 2. The lowest BCUT2D eigenvalue weighted by molar-refractivity contribution is -0.143. The van der Waals surface area contributed by atoms with Gasteiger partial charge in [-0.3, -0.25) is 4.79 Å². The lowest BCUT2D eigenvalue weighted by atomic mass is 10.1. The Kier molecular flexibility index (Phi) is 5.10. The fourth-order valence-corrected chi connectivity index (χ4v) is 2.46. The molecule has 0 saturated carbocycles. The summed E-state index contributed by atoms with van der Waals surface area (Å²) in [5, 5.41) is 9.43. The van der Waals surface area contributed by atoms with E-state index in [0.29, 0.717) is 17.1 Å². The van der Waals surface area contributed by atoms with Crippen LogP contribution in [0.5, 0.6) is 0 Å². The second-order valence-electron chi connectivity index (χ2n) is 5.02. The molecule has 1 aliphatic heterocycles. The summed E-state index contributed by atoms with van der Waals surface area (Å²) < 4.78 is 37.1. The second kappa shape index (κ2) is 6.65. The monoisotopic (exact) mass is 324 g/mol. The molecule has 2 heterocycles. The summed E-state index contributed by atoms with van der Waals surface area (Å²) in [6.45, 7) is 1.11. The van der Waals surface area contributed by atoms with Crippen molar-refractivity contribution < 1.29 is 13.2 Å². The Bertz CT molecular complexity index is 540. The third-order valence-electron chi connectivity index (χ3n) is 3.34. The number of aromatic nitrogens is 2. The number of alkyl halides is 3. The fourth-order valence-electron chi connectivity index (χ4n) is 2.24. The van der Waals surface area contributed by atoms with Crippen molar-refractivity contribution in [2.24, 2.45) is 5.92 Å². The van der Waals surface area contributed by atoms with Crippen LogP contribution in [0.4, 0.5) is 18.9 Å². The van der Waals surface area contributed by atoms with Gasteiger partial charge in [0.05, 0.1) is 11.9 Å². The highest BCUT2D eigenvalue weighted by Crippen LogP contribution is 2.19. The van der Waals surface area contributed by atoms with Gasteiger partial charge in [-0.2, -0.15) is 18.3 Å². The molecular weight excluding hydrogens is 309 g/mol. The predicted octanol–water partition coefficient (Wildman–Crippen LogP) is 1.87. The Morgan fingerprint density at radius 1 is 1.52 bits per heavy atom. The third-order valence-corrected chi connectivity index (χ3v) is 3.71. The molecular formula is C12H16ClF3N4O. The van der Waals surface area contributed by atoms with Gasteiger partial charge in [0.1, 0.15) is 11.6 Å². The molecule has 1 aliphatic rings. The van der Waals surface area contributed by atoms with Crippen molar-refractivity contribution in [3.8, 4) is 0 Å². The lowest BCUT2D eigenvalue weighted by Gasteiger charge is -2.13. The van der Waals surface area contributed by atoms with Gasteiger partial charge >= 0.3 is 6.18 Å². The smallest absolute Gasteiger partial charge is 0.382 e. The van der Waals surface area contributed by atoms with Gasteiger partial charge in [0.25, 0.3) is 5.56 Å². The first-order valence-corrected chi connectivity index (χ1v) is 7.01. The average molecular weight is 325 g/mol. The summed E-state index contributed by atoms with van der Waals surface area (Å²) in [5.74, 6) is 0.565. The topological polar surface area (TPSA) is 59.0 Å². The molecule has 0 aliphatic carbocycles. The molecule has 9 heteroatoms. The second-order valence-corrected chi connectivity index (χ2v) is 5.40. The van der Waals surface area contributed by atoms with Gasteiger partial charge in [-0.15, -0.1) is 0 Å². The van der Waals surface area contributed by atoms with Crippen LogP contribution in [0.15, 0.2) is 11.0 Å². The SMILES string of the molecule is O=c1c(Cl)c(NCCC2CCNC2)cnn1CC(F)(F)F. The van der Waals surface area contributed by atoms with Crippen LogP contribution in [0.1, 0.15) is 12.8 Å². The Morgan fingerprint density at radius 2 is 2.29 bits per heavy atom. The van der Waals surface area contributed by atoms with E-state index in [1.165, 1.54) is 0 Å². The summed E-state index contributed by atoms with van der Waals surface area (Å²) in [6.07, 6.45) is -1.36. The first-order chi connectivity index (χ1) is 9.87. The van der Waals surface area contributed by atoms with E-state index in [2.05, 4.69) is 15.7 Å². The van der Waals surface area contributed by atoms with Crippen molar-refractivity contribution in [1.82, 2.24) is 15.1 Å². The van der Waals surface area contributed by atoms with Crippen LogP contribution >= 0.6 is 11.6 Å². The highest BCUT2D eigenvalue weighted by atomic mass is 35.5. The van der Waals surface area contributed by atoms with E-state index in [1.807, 2.05) is 0 Å². The Labute approximate surface area is 124 Å². The number of anilines is 1. The van der Waals surface area contributed by atoms with Crippen LogP contribution in [0.3, 0.4) is 0 Å². The highest BCUT2D eigenvalue weighted by Gasteiger charge is 2.29. The van der Waals surface area contributed by atoms with Crippen molar-refractivity contribution in [2.45, 2.75) is 25.6 Å². The molecule has 5 nitrogen and oxygen atoms in total. The first-order valence-electron chi connectivity index (χ1n) is 6.64. The minimum atomic E-state index is -4.51. The normalized spacial score (nSPS) is 19.0. The van der Waals surface area contributed by atoms with E-state index >= 15 is 0 Å². The van der Waals surface area contributed by atoms with Crippen molar-refractivity contribution in [2.75, 3.05) is 25.0 Å². The summed E-state index contributed by atoms with van der Waals surface area (Å²) in [4.78, 5) is 11.7. The third kappa shape index (κ3) is 4.60. The standard InChI is InChI=1S/C12H16ClF3N4O/c13-10-9(18-4-2-8-1-3-17-5-8)6-19-20(11(10)21)7-12(14,15)16/h6,8,17-18H,1-5,7H2. The maximum atomic E-state index is 12.3. The summed E-state index contributed by atoms with van der Waals surface area (Å²) >= 11 is 5.81. The number of halogens is 4. The largest absolute Gasteiger partial charge is 0.408 e. The Morgan fingerprint density at radius 3 is 2.90 bits per heavy atom. The zero-order chi connectivity index (χ0) is 15.5. The van der Waals surface area contributed by atoms with Crippen LogP contribution in [-0.4, -0.2) is 35.6 Å². The zero-order valence-corrected chi connectivity index (χ0v) is 12.0. The molecule has 1 aromatic rings. The summed E-state index contributed by atoms with van der Waals surface area (Å²) in [5.41, 5.74) is -0.674. The lowest BCUT2D eigenvalue weighted by Crippen LogP contribution is -2.31. The van der Waals surface area contributed by atoms with Crippen LogP contribution < -0.4 is 16.2 Å². The van der Waals surface area contributed by atoms with Crippen LogP contribution in [-0.2, 0) is 6.54 Å². The molecule has 1 unspecified atom stereocenters. The van der Waals surface area contributed by atoms with Gasteiger partial charge in [-0.25, -0.2) is 4.68 Å². The maximum Gasteiger partial charge on any atom is 0.408 e. The summed E-state index contributed by atoms with van der Waals surface area (Å²) in [7, 11) is 0. The van der Waals surface area contributed by atoms with E-state index in [1.54, 1.807) is 0 Å². The zero-order valence-electron chi connectivity index (χ0n) is 11.2. The molecule has 0 spiro atoms. The molecule has 1 fully saturated rings. The van der Waals surface area contributed by atoms with E-state index in [4.69, 9.17) is 11.6 Å². The Hall–Kier alpha value is -1.28. The molecule has 0 amide bonds. The van der Waals surface area contributed by atoms with Crippen molar-refractivity contribution in [3.05, 3.63) is 21.6 Å². The molecule has 2 rings (SSSR count). The Balaban J connectivity index is 1.97. The quantitative estimate of drug-likeness (QED) is 0.868. The van der Waals surface area contributed by atoms with Gasteiger partial charge in [-0.1, -0.05) is 11.6 Å². The highest BCUT2D eigenvalue weighted by molar-refractivity contribution is 6.32. The molecule has 0 radical (unpaired) electrons. The van der Waals surface area contributed by atoms with Gasteiger partial charge < -0.3 is 10.6 Å². The van der Waals surface area contributed by atoms with Crippen molar-refractivity contribution >= 4 is 17.3 Å². The molecule has 118 valence electrons. The van der Waals surface area contributed by atoms with Crippen LogP contribution in [0.25, 0.3) is 0 Å².